The average molecular weight is 637 g/mol. The van der Waals surface area contributed by atoms with Crippen LogP contribution in [0.25, 0.3) is 0 Å². The summed E-state index contributed by atoms with van der Waals surface area (Å²) in [7, 11) is 0. The Morgan fingerprint density at radius 2 is 1.80 bits per heavy atom. The molecule has 2 fully saturated rings. The molecule has 2 amide bonds. The number of nitrogens with one attached hydrogen (secondary N) is 3. The van der Waals surface area contributed by atoms with E-state index >= 15 is 0 Å². The van der Waals surface area contributed by atoms with Crippen LogP contribution in [0.5, 0.6) is 0 Å². The van der Waals surface area contributed by atoms with Gasteiger partial charge in [0.05, 0.1) is 0 Å². The van der Waals surface area contributed by atoms with E-state index < -0.39 is 12.0 Å². The lowest BCUT2D eigenvalue weighted by molar-refractivity contribution is -0.132. The maximum atomic E-state index is 13.7. The van der Waals surface area contributed by atoms with Crippen molar-refractivity contribution >= 4 is 45.7 Å². The predicted molar refractivity (Wildman–Crippen MR) is 178 cm³/mol. The average Bonchev–Trinajstić information content (AvgIpc) is 3.73. The van der Waals surface area contributed by atoms with Gasteiger partial charge < -0.3 is 16.0 Å². The largest absolute Gasteiger partial charge is 0.357 e. The summed E-state index contributed by atoms with van der Waals surface area (Å²) in [5.74, 6) is -0.242. The number of allylic oxidation sites excluding steroid dienone is 4. The van der Waals surface area contributed by atoms with E-state index in [1.807, 2.05) is 35.7 Å². The van der Waals surface area contributed by atoms with Crippen LogP contribution in [0.1, 0.15) is 87.6 Å². The molecule has 2 aromatic rings. The minimum absolute atomic E-state index is 0.00485. The SMILES string of the molecule is CC(C)C[C@H](NC(=O)C1CCCC1C(=O)c1ccc(CNc2nccs2)cc1)C(=O)N[C@@H]1CCCCC1C1C=C(Cl)C=CC1. The maximum Gasteiger partial charge on any atom is 0.242 e. The van der Waals surface area contributed by atoms with Crippen molar-refractivity contribution in [3.8, 4) is 0 Å². The Bertz CT molecular complexity index is 1340. The molecule has 1 heterocycles. The van der Waals surface area contributed by atoms with Crippen molar-refractivity contribution in [2.24, 2.45) is 29.6 Å². The molecule has 6 atom stereocenters. The monoisotopic (exact) mass is 636 g/mol. The second kappa shape index (κ2) is 15.3. The van der Waals surface area contributed by atoms with Crippen molar-refractivity contribution in [3.05, 3.63) is 70.2 Å². The van der Waals surface area contributed by atoms with E-state index in [1.165, 1.54) is 0 Å². The molecule has 1 aromatic heterocycles. The number of Topliss-reactive ketones (excluding diaryl/α,β-unsaturated/α-hetero) is 1. The molecule has 9 heteroatoms. The third kappa shape index (κ3) is 8.39. The van der Waals surface area contributed by atoms with E-state index in [9.17, 15) is 14.4 Å². The van der Waals surface area contributed by atoms with E-state index in [0.717, 1.165) is 54.3 Å². The van der Waals surface area contributed by atoms with E-state index in [0.29, 0.717) is 43.2 Å². The zero-order chi connectivity index (χ0) is 31.1. The number of carbonyl (C=O) groups excluding carboxylic acids is 3. The summed E-state index contributed by atoms with van der Waals surface area (Å²) in [6.45, 7) is 4.75. The highest BCUT2D eigenvalue weighted by atomic mass is 35.5. The van der Waals surface area contributed by atoms with Gasteiger partial charge in [0.25, 0.3) is 0 Å². The zero-order valence-electron chi connectivity index (χ0n) is 25.8. The van der Waals surface area contributed by atoms with E-state index in [-0.39, 0.29) is 35.5 Å². The van der Waals surface area contributed by atoms with Gasteiger partial charge in [-0.1, -0.05) is 81.1 Å². The minimum atomic E-state index is -0.628. The zero-order valence-corrected chi connectivity index (χ0v) is 27.3. The first kappa shape index (κ1) is 32.4. The maximum absolute atomic E-state index is 13.7. The van der Waals surface area contributed by atoms with Gasteiger partial charge in [-0.3, -0.25) is 14.4 Å². The van der Waals surface area contributed by atoms with Gasteiger partial charge in [-0.15, -0.1) is 11.3 Å². The molecule has 0 spiro atoms. The van der Waals surface area contributed by atoms with E-state index in [1.54, 1.807) is 17.5 Å². The molecule has 0 aliphatic heterocycles. The first-order valence-corrected chi connectivity index (χ1v) is 17.5. The number of aromatic nitrogens is 1. The number of hydrogen-bond acceptors (Lipinski definition) is 6. The summed E-state index contributed by atoms with van der Waals surface area (Å²) >= 11 is 7.88. The van der Waals surface area contributed by atoms with Gasteiger partial charge in [0.15, 0.2) is 10.9 Å². The molecular formula is C35H45ClN4O3S. The fourth-order valence-corrected chi connectivity index (χ4v) is 7.94. The number of amides is 2. The molecule has 0 saturated heterocycles. The molecule has 0 radical (unpaired) electrons. The molecule has 2 saturated carbocycles. The van der Waals surface area contributed by atoms with Crippen LogP contribution in [0, 0.1) is 29.6 Å². The van der Waals surface area contributed by atoms with Crippen LogP contribution in [-0.2, 0) is 16.1 Å². The summed E-state index contributed by atoms with van der Waals surface area (Å²) < 4.78 is 0. The normalized spacial score (nSPS) is 25.7. The lowest BCUT2D eigenvalue weighted by Crippen LogP contribution is -2.54. The summed E-state index contributed by atoms with van der Waals surface area (Å²) in [6, 6.07) is 7.04. The Morgan fingerprint density at radius 1 is 1.02 bits per heavy atom. The predicted octanol–water partition coefficient (Wildman–Crippen LogP) is 7.26. The first-order valence-electron chi connectivity index (χ1n) is 16.2. The lowest BCUT2D eigenvalue weighted by atomic mass is 9.74. The van der Waals surface area contributed by atoms with Gasteiger partial charge in [-0.05, 0) is 67.9 Å². The van der Waals surface area contributed by atoms with Crippen molar-refractivity contribution in [2.75, 3.05) is 5.32 Å². The molecule has 0 bridgehead atoms. The van der Waals surface area contributed by atoms with Crippen LogP contribution in [-0.4, -0.2) is 34.7 Å². The Labute approximate surface area is 270 Å². The van der Waals surface area contributed by atoms with Gasteiger partial charge >= 0.3 is 0 Å². The first-order chi connectivity index (χ1) is 21.3. The molecule has 44 heavy (non-hydrogen) atoms. The molecule has 236 valence electrons. The van der Waals surface area contributed by atoms with Crippen LogP contribution in [0.3, 0.4) is 0 Å². The van der Waals surface area contributed by atoms with Crippen LogP contribution in [0.2, 0.25) is 0 Å². The number of halogens is 1. The highest BCUT2D eigenvalue weighted by Gasteiger charge is 2.40. The number of hydrogen-bond donors (Lipinski definition) is 3. The number of thiazole rings is 1. The van der Waals surface area contributed by atoms with Gasteiger partial charge in [-0.25, -0.2) is 4.98 Å². The van der Waals surface area contributed by atoms with Gasteiger partial charge in [0, 0.05) is 46.6 Å². The molecule has 1 aromatic carbocycles. The quantitative estimate of drug-likeness (QED) is 0.213. The van der Waals surface area contributed by atoms with Crippen LogP contribution < -0.4 is 16.0 Å². The van der Waals surface area contributed by atoms with Gasteiger partial charge in [-0.2, -0.15) is 0 Å². The molecular weight excluding hydrogens is 592 g/mol. The molecule has 3 aliphatic rings. The number of rotatable bonds is 12. The fraction of sp³-hybridized carbons (Fsp3) is 0.543. The second-order valence-electron chi connectivity index (χ2n) is 13.0. The highest BCUT2D eigenvalue weighted by molar-refractivity contribution is 7.13. The van der Waals surface area contributed by atoms with Crippen molar-refractivity contribution in [1.82, 2.24) is 15.6 Å². The number of anilines is 1. The van der Waals surface area contributed by atoms with Crippen LogP contribution >= 0.6 is 22.9 Å². The highest BCUT2D eigenvalue weighted by Crippen LogP contribution is 2.37. The molecule has 4 unspecified atom stereocenters. The molecule has 3 aliphatic carbocycles. The summed E-state index contributed by atoms with van der Waals surface area (Å²) in [5.41, 5.74) is 1.68. The van der Waals surface area contributed by atoms with Crippen molar-refractivity contribution in [1.29, 1.82) is 0 Å². The Hall–Kier alpha value is -2.97. The minimum Gasteiger partial charge on any atom is -0.357 e. The van der Waals surface area contributed by atoms with Crippen LogP contribution in [0.15, 0.2) is 59.1 Å². The lowest BCUT2D eigenvalue weighted by Gasteiger charge is -2.38. The molecule has 3 N–H and O–H groups in total. The summed E-state index contributed by atoms with van der Waals surface area (Å²) in [6.07, 6.45) is 15.8. The Morgan fingerprint density at radius 3 is 2.52 bits per heavy atom. The van der Waals surface area contributed by atoms with Crippen LogP contribution in [0.4, 0.5) is 5.13 Å². The van der Waals surface area contributed by atoms with E-state index in [4.69, 9.17) is 11.6 Å². The molecule has 5 rings (SSSR count). The standard InChI is InChI=1S/C35H45ClN4O3S/c1-22(2)19-31(34(43)39-30-12-4-3-9-27(30)25-7-5-8-26(36)20-25)40-33(42)29-11-6-10-28(29)32(41)24-15-13-23(14-16-24)21-38-35-37-17-18-44-35/h5,8,13-18,20,22,25,27-31H,3-4,6-7,9-12,19,21H2,1-2H3,(H,37,38)(H,39,43)(H,40,42)/t25?,27?,28?,29?,30-,31+/m1/s1. The summed E-state index contributed by atoms with van der Waals surface area (Å²) in [4.78, 5) is 45.2. The van der Waals surface area contributed by atoms with Crippen molar-refractivity contribution < 1.29 is 14.4 Å². The number of carbonyl (C=O) groups is 3. The van der Waals surface area contributed by atoms with E-state index in [2.05, 4.69) is 46.9 Å². The Kier molecular flexibility index (Phi) is 11.3. The number of ketones is 1. The van der Waals surface area contributed by atoms with Crippen molar-refractivity contribution in [2.45, 2.75) is 90.3 Å². The Balaban J connectivity index is 1.21. The smallest absolute Gasteiger partial charge is 0.242 e. The second-order valence-corrected chi connectivity index (χ2v) is 14.3. The third-order valence-electron chi connectivity index (χ3n) is 9.40. The fourth-order valence-electron chi connectivity index (χ4n) is 7.16. The van der Waals surface area contributed by atoms with Gasteiger partial charge in [0.1, 0.15) is 6.04 Å². The topological polar surface area (TPSA) is 100 Å². The van der Waals surface area contributed by atoms with Gasteiger partial charge in [0.2, 0.25) is 11.8 Å². The summed E-state index contributed by atoms with van der Waals surface area (Å²) in [5, 5.41) is 13.3. The number of benzene rings is 1. The molecule has 7 nitrogen and oxygen atoms in total. The van der Waals surface area contributed by atoms with Crippen molar-refractivity contribution in [3.63, 3.8) is 0 Å². The number of nitrogens with zero attached hydrogens (tertiary/aromatic N) is 1. The third-order valence-corrected chi connectivity index (χ3v) is 10.4.